The van der Waals surface area contributed by atoms with Crippen LogP contribution in [0.15, 0.2) is 30.3 Å². The summed E-state index contributed by atoms with van der Waals surface area (Å²) in [4.78, 5) is 15.7. The number of carbonyl (C=O) groups is 1. The molecular weight excluding hydrogens is 338 g/mol. The van der Waals surface area contributed by atoms with Gasteiger partial charge in [-0.1, -0.05) is 0 Å². The van der Waals surface area contributed by atoms with E-state index in [1.165, 1.54) is 6.07 Å². The zero-order valence-electron chi connectivity index (χ0n) is 10.4. The van der Waals surface area contributed by atoms with Crippen molar-refractivity contribution in [2.45, 2.75) is 12.0 Å². The molecule has 106 valence electrons. The first-order chi connectivity index (χ1) is 9.40. The number of alkyl halides is 3. The average molecular weight is 348 g/mol. The first kappa shape index (κ1) is 14.8. The van der Waals surface area contributed by atoms with Crippen molar-refractivity contribution in [3.63, 3.8) is 0 Å². The number of hydrogen-bond donors (Lipinski definition) is 0. The van der Waals surface area contributed by atoms with E-state index in [1.807, 2.05) is 0 Å². The molecule has 0 aliphatic heterocycles. The number of ether oxygens (including phenoxy) is 1. The van der Waals surface area contributed by atoms with Gasteiger partial charge in [0, 0.05) is 0 Å². The molecule has 0 saturated carbocycles. The monoisotopic (exact) mass is 349 g/mol. The molecule has 20 heavy (non-hydrogen) atoms. The van der Waals surface area contributed by atoms with E-state index < -0.39 is 26.0 Å². The average Bonchev–Trinajstić information content (AvgIpc) is 2.37. The Morgan fingerprint density at radius 3 is 2.70 bits per heavy atom. The van der Waals surface area contributed by atoms with Gasteiger partial charge in [0.1, 0.15) is 0 Å². The Bertz CT molecular complexity index is 643. The summed E-state index contributed by atoms with van der Waals surface area (Å²) >= 11 is -1.74. The number of hydrogen-bond acceptors (Lipinski definition) is 3. The van der Waals surface area contributed by atoms with Crippen LogP contribution >= 0.6 is 0 Å². The van der Waals surface area contributed by atoms with Gasteiger partial charge in [-0.3, -0.25) is 0 Å². The number of aromatic nitrogens is 1. The van der Waals surface area contributed by atoms with E-state index in [2.05, 4.69) is 4.98 Å². The molecule has 3 nitrogen and oxygen atoms in total. The van der Waals surface area contributed by atoms with Gasteiger partial charge in [-0.2, -0.15) is 0 Å². The normalized spacial score (nSPS) is 11.6. The Labute approximate surface area is 119 Å². The number of pyridine rings is 1. The van der Waals surface area contributed by atoms with Crippen LogP contribution in [0.4, 0.5) is 13.2 Å². The Balaban J connectivity index is 2.55. The van der Waals surface area contributed by atoms with Crippen LogP contribution in [-0.4, -0.2) is 37.6 Å². The molecule has 0 fully saturated rings. The molecule has 7 heteroatoms. The summed E-state index contributed by atoms with van der Waals surface area (Å²) in [5, 5.41) is -3.87. The molecule has 0 atom stereocenters. The number of halogens is 3. The third-order valence-corrected chi connectivity index (χ3v) is 4.04. The van der Waals surface area contributed by atoms with Crippen LogP contribution in [0.5, 0.6) is 0 Å². The van der Waals surface area contributed by atoms with Crippen LogP contribution in [-0.2, 0) is 4.74 Å². The second-order valence-electron chi connectivity index (χ2n) is 3.79. The molecule has 0 spiro atoms. The van der Waals surface area contributed by atoms with Gasteiger partial charge in [-0.25, -0.2) is 0 Å². The van der Waals surface area contributed by atoms with E-state index in [1.54, 1.807) is 31.2 Å². The Kier molecular flexibility index (Phi) is 4.30. The van der Waals surface area contributed by atoms with Crippen molar-refractivity contribution >= 4 is 36.3 Å². The third-order valence-electron chi connectivity index (χ3n) is 2.39. The molecule has 0 N–H and O–H groups in total. The van der Waals surface area contributed by atoms with Crippen molar-refractivity contribution in [2.75, 3.05) is 6.61 Å². The summed E-state index contributed by atoms with van der Waals surface area (Å²) in [7, 11) is 0. The van der Waals surface area contributed by atoms with E-state index in [9.17, 15) is 18.0 Å². The van der Waals surface area contributed by atoms with Gasteiger partial charge in [0.15, 0.2) is 0 Å². The van der Waals surface area contributed by atoms with Gasteiger partial charge in [-0.05, 0) is 0 Å². The van der Waals surface area contributed by atoms with Crippen LogP contribution in [0.1, 0.15) is 17.4 Å². The number of rotatable bonds is 3. The Hall–Kier alpha value is -1.59. The fourth-order valence-electron chi connectivity index (χ4n) is 1.66. The second kappa shape index (κ2) is 5.81. The van der Waals surface area contributed by atoms with Gasteiger partial charge < -0.3 is 0 Å². The van der Waals surface area contributed by atoms with Gasteiger partial charge in [0.05, 0.1) is 0 Å². The van der Waals surface area contributed by atoms with Gasteiger partial charge >= 0.3 is 119 Å². The standard InChI is InChI=1S/C13H10F3NO2Se/c1-2-19-12(18)10-7-11(20-13(14,15)16)8-5-3-4-6-9(8)17-10/h3-7H,2H2,1H3. The topological polar surface area (TPSA) is 39.2 Å². The minimum absolute atomic E-state index is 0.0821. The molecule has 1 aromatic heterocycles. The maximum absolute atomic E-state index is 12.6. The van der Waals surface area contributed by atoms with Crippen LogP contribution in [0, 0.1) is 0 Å². The van der Waals surface area contributed by atoms with Crippen LogP contribution in [0.3, 0.4) is 0 Å². The van der Waals surface area contributed by atoms with E-state index in [0.717, 1.165) is 0 Å². The minimum atomic E-state index is -4.29. The molecule has 0 aliphatic carbocycles. The molecular formula is C13H10F3NO2Se. The second-order valence-corrected chi connectivity index (χ2v) is 6.11. The molecule has 0 unspecified atom stereocenters. The fraction of sp³-hybridized carbons (Fsp3) is 0.231. The van der Waals surface area contributed by atoms with Gasteiger partial charge in [0.2, 0.25) is 0 Å². The molecule has 2 rings (SSSR count). The molecule has 0 radical (unpaired) electrons. The van der Waals surface area contributed by atoms with Crippen molar-refractivity contribution in [2.24, 2.45) is 0 Å². The quantitative estimate of drug-likeness (QED) is 0.631. The number of carbonyl (C=O) groups excluding carboxylic acids is 1. The summed E-state index contributed by atoms with van der Waals surface area (Å²) < 4.78 is 42.8. The number of fused-ring (bicyclic) bond motifs is 1. The number of benzene rings is 1. The van der Waals surface area contributed by atoms with E-state index in [0.29, 0.717) is 10.9 Å². The zero-order chi connectivity index (χ0) is 14.8. The number of esters is 1. The first-order valence-electron chi connectivity index (χ1n) is 5.73. The summed E-state index contributed by atoms with van der Waals surface area (Å²) in [6, 6.07) is 7.63. The molecule has 1 aromatic carbocycles. The predicted molar refractivity (Wildman–Crippen MR) is 69.1 cm³/mol. The number of nitrogens with zero attached hydrogens (tertiary/aromatic N) is 1. The summed E-state index contributed by atoms with van der Waals surface area (Å²) in [5.41, 5.74) is 0.269. The summed E-state index contributed by atoms with van der Waals surface area (Å²) in [5.74, 6) is -0.711. The molecule has 0 saturated heterocycles. The third kappa shape index (κ3) is 3.49. The van der Waals surface area contributed by atoms with Crippen molar-refractivity contribution in [1.82, 2.24) is 4.98 Å². The Morgan fingerprint density at radius 2 is 2.05 bits per heavy atom. The Morgan fingerprint density at radius 1 is 1.35 bits per heavy atom. The van der Waals surface area contributed by atoms with Crippen molar-refractivity contribution in [3.8, 4) is 0 Å². The summed E-state index contributed by atoms with van der Waals surface area (Å²) in [6.45, 7) is 1.77. The van der Waals surface area contributed by atoms with Gasteiger partial charge in [-0.15, -0.1) is 0 Å². The first-order valence-corrected chi connectivity index (χ1v) is 7.44. The number of para-hydroxylation sites is 1. The van der Waals surface area contributed by atoms with Crippen molar-refractivity contribution in [3.05, 3.63) is 36.0 Å². The van der Waals surface area contributed by atoms with Crippen molar-refractivity contribution in [1.29, 1.82) is 0 Å². The molecule has 0 amide bonds. The van der Waals surface area contributed by atoms with Crippen molar-refractivity contribution < 1.29 is 22.7 Å². The zero-order valence-corrected chi connectivity index (χ0v) is 12.1. The molecule has 0 bridgehead atoms. The molecule has 2 aromatic rings. The SMILES string of the molecule is CCOC(=O)c1cc([Se]C(F)(F)F)c2ccccc2n1. The maximum atomic E-state index is 12.6. The van der Waals surface area contributed by atoms with E-state index >= 15 is 0 Å². The molecule has 1 heterocycles. The van der Waals surface area contributed by atoms with Crippen LogP contribution < -0.4 is 4.46 Å². The van der Waals surface area contributed by atoms with E-state index in [4.69, 9.17) is 4.74 Å². The van der Waals surface area contributed by atoms with E-state index in [-0.39, 0.29) is 16.8 Å². The van der Waals surface area contributed by atoms with Crippen LogP contribution in [0.2, 0.25) is 0 Å². The molecule has 0 aliphatic rings. The fourth-order valence-corrected chi connectivity index (χ4v) is 3.14. The predicted octanol–water partition coefficient (Wildman–Crippen LogP) is 2.26. The summed E-state index contributed by atoms with van der Waals surface area (Å²) in [6.07, 6.45) is 0. The van der Waals surface area contributed by atoms with Crippen LogP contribution in [0.25, 0.3) is 10.9 Å². The van der Waals surface area contributed by atoms with Gasteiger partial charge in [0.25, 0.3) is 0 Å².